The zero-order chi connectivity index (χ0) is 12.7. The van der Waals surface area contributed by atoms with Crippen molar-refractivity contribution in [3.05, 3.63) is 17.0 Å². The van der Waals surface area contributed by atoms with Crippen molar-refractivity contribution >= 4 is 0 Å². The monoisotopic (exact) mass is 232 g/mol. The van der Waals surface area contributed by atoms with Crippen LogP contribution in [-0.2, 0) is 13.0 Å². The molecule has 0 unspecified atom stereocenters. The van der Waals surface area contributed by atoms with E-state index in [9.17, 15) is 8.78 Å². The second-order valence-electron chi connectivity index (χ2n) is 3.47. The van der Waals surface area contributed by atoms with Crippen LogP contribution in [0.1, 0.15) is 44.1 Å². The van der Waals surface area contributed by atoms with Crippen LogP contribution in [-0.4, -0.2) is 16.2 Å². The molecule has 1 rings (SSSR count). The first-order valence-electron chi connectivity index (χ1n) is 5.87. The lowest BCUT2D eigenvalue weighted by Crippen LogP contribution is -2.09. The van der Waals surface area contributed by atoms with Gasteiger partial charge in [0.05, 0.1) is 5.69 Å². The van der Waals surface area contributed by atoms with E-state index >= 15 is 0 Å². The molecule has 0 N–H and O–H groups in total. The number of hydrogen-bond acceptors (Lipinski definition) is 1. The van der Waals surface area contributed by atoms with E-state index in [0.717, 1.165) is 29.8 Å². The van der Waals surface area contributed by atoms with Crippen molar-refractivity contribution < 1.29 is 8.78 Å². The molecular weight excluding hydrogens is 210 g/mol. The number of nitrogens with zero attached hydrogens (tertiary/aromatic N) is 2. The highest BCUT2D eigenvalue weighted by atomic mass is 19.3. The Morgan fingerprint density at radius 2 is 1.81 bits per heavy atom. The van der Waals surface area contributed by atoms with E-state index in [1.165, 1.54) is 4.68 Å². The molecule has 2 nitrogen and oxygen atoms in total. The van der Waals surface area contributed by atoms with E-state index in [1.807, 2.05) is 27.7 Å². The number of hydrogen-bond donors (Lipinski definition) is 0. The summed E-state index contributed by atoms with van der Waals surface area (Å²) in [4.78, 5) is 0. The second-order valence-corrected chi connectivity index (χ2v) is 3.47. The van der Waals surface area contributed by atoms with Crippen molar-refractivity contribution in [2.45, 2.75) is 60.4 Å². The fourth-order valence-corrected chi connectivity index (χ4v) is 1.65. The van der Waals surface area contributed by atoms with Gasteiger partial charge < -0.3 is 0 Å². The molecule has 0 radical (unpaired) electrons. The van der Waals surface area contributed by atoms with Crippen LogP contribution in [0.25, 0.3) is 0 Å². The fourth-order valence-electron chi connectivity index (χ4n) is 1.65. The zero-order valence-electron chi connectivity index (χ0n) is 10.8. The van der Waals surface area contributed by atoms with Crippen LogP contribution >= 0.6 is 0 Å². The number of aryl methyl sites for hydroxylation is 1. The first-order valence-corrected chi connectivity index (χ1v) is 5.87. The van der Waals surface area contributed by atoms with Gasteiger partial charge in [0, 0.05) is 5.69 Å². The maximum atomic E-state index is 12.2. The highest BCUT2D eigenvalue weighted by Gasteiger charge is 2.13. The Labute approximate surface area is 96.7 Å². The number of alkyl halides is 2. The van der Waals surface area contributed by atoms with Gasteiger partial charge in [0.1, 0.15) is 6.54 Å². The van der Waals surface area contributed by atoms with Crippen LogP contribution in [0.3, 0.4) is 0 Å². The smallest absolute Gasteiger partial charge is 0.257 e. The summed E-state index contributed by atoms with van der Waals surface area (Å²) in [5.74, 6) is 0. The average Bonchev–Trinajstić information content (AvgIpc) is 2.49. The first-order chi connectivity index (χ1) is 7.56. The average molecular weight is 232 g/mol. The summed E-state index contributed by atoms with van der Waals surface area (Å²) in [5.41, 5.74) is 2.88. The normalized spacial score (nSPS) is 10.2. The van der Waals surface area contributed by atoms with Gasteiger partial charge in [0.15, 0.2) is 0 Å². The zero-order valence-corrected chi connectivity index (χ0v) is 10.8. The predicted octanol–water partition coefficient (Wildman–Crippen LogP) is 3.74. The van der Waals surface area contributed by atoms with E-state index in [-0.39, 0.29) is 6.54 Å². The minimum absolute atomic E-state index is 0.295. The Morgan fingerprint density at radius 3 is 2.25 bits per heavy atom. The van der Waals surface area contributed by atoms with Gasteiger partial charge in [0.25, 0.3) is 6.43 Å². The van der Waals surface area contributed by atoms with E-state index in [4.69, 9.17) is 0 Å². The summed E-state index contributed by atoms with van der Waals surface area (Å²) in [5, 5.41) is 4.11. The molecule has 0 aliphatic heterocycles. The Morgan fingerprint density at radius 1 is 1.25 bits per heavy atom. The summed E-state index contributed by atoms with van der Waals surface area (Å²) in [6.45, 7) is 9.51. The van der Waals surface area contributed by atoms with Gasteiger partial charge in [-0.1, -0.05) is 27.2 Å². The van der Waals surface area contributed by atoms with E-state index in [1.54, 1.807) is 0 Å². The molecule has 0 aliphatic rings. The molecule has 1 aromatic heterocycles. The lowest BCUT2D eigenvalue weighted by molar-refractivity contribution is 0.121. The standard InChI is InChI=1S/C10H16F2N2.C2H6/c1-4-5-9-7(2)13-14(8(9)3)6-10(11)12;1-2/h10H,4-6H2,1-3H3;1-2H3. The maximum Gasteiger partial charge on any atom is 0.257 e. The van der Waals surface area contributed by atoms with Crippen molar-refractivity contribution in [1.29, 1.82) is 0 Å². The van der Waals surface area contributed by atoms with Crippen LogP contribution < -0.4 is 0 Å². The van der Waals surface area contributed by atoms with Gasteiger partial charge in [-0.05, 0) is 25.8 Å². The fraction of sp³-hybridized carbons (Fsp3) is 0.750. The van der Waals surface area contributed by atoms with Crippen LogP contribution in [0.15, 0.2) is 0 Å². The molecule has 1 heterocycles. The SMILES string of the molecule is CC.CCCc1c(C)nn(CC(F)F)c1C. The molecule has 0 bridgehead atoms. The van der Waals surface area contributed by atoms with Crippen molar-refractivity contribution in [3.63, 3.8) is 0 Å². The van der Waals surface area contributed by atoms with E-state index in [2.05, 4.69) is 12.0 Å². The largest absolute Gasteiger partial charge is 0.264 e. The number of aromatic nitrogens is 2. The van der Waals surface area contributed by atoms with Crippen LogP contribution in [0.5, 0.6) is 0 Å². The molecule has 94 valence electrons. The lowest BCUT2D eigenvalue weighted by Gasteiger charge is -2.03. The predicted molar refractivity (Wildman–Crippen MR) is 63.0 cm³/mol. The molecule has 0 atom stereocenters. The molecule has 0 aromatic carbocycles. The summed E-state index contributed by atoms with van der Waals surface area (Å²) in [6.07, 6.45) is -0.398. The molecule has 0 saturated carbocycles. The number of rotatable bonds is 4. The Bertz CT molecular complexity index is 306. The summed E-state index contributed by atoms with van der Waals surface area (Å²) >= 11 is 0. The van der Waals surface area contributed by atoms with Crippen LogP contribution in [0.4, 0.5) is 8.78 Å². The number of halogens is 2. The Kier molecular flexibility index (Phi) is 6.93. The minimum atomic E-state index is -2.33. The van der Waals surface area contributed by atoms with Gasteiger partial charge >= 0.3 is 0 Å². The Hall–Kier alpha value is -0.930. The van der Waals surface area contributed by atoms with Crippen molar-refractivity contribution in [1.82, 2.24) is 9.78 Å². The summed E-state index contributed by atoms with van der Waals surface area (Å²) in [7, 11) is 0. The molecule has 0 spiro atoms. The van der Waals surface area contributed by atoms with Crippen molar-refractivity contribution in [2.75, 3.05) is 0 Å². The topological polar surface area (TPSA) is 17.8 Å². The Balaban J connectivity index is 0.00000106. The highest BCUT2D eigenvalue weighted by molar-refractivity contribution is 5.24. The second kappa shape index (κ2) is 7.36. The van der Waals surface area contributed by atoms with Crippen LogP contribution in [0, 0.1) is 13.8 Å². The van der Waals surface area contributed by atoms with Crippen molar-refractivity contribution in [3.8, 4) is 0 Å². The van der Waals surface area contributed by atoms with Gasteiger partial charge in [-0.2, -0.15) is 5.10 Å². The summed E-state index contributed by atoms with van der Waals surface area (Å²) in [6, 6.07) is 0. The molecule has 1 aromatic rings. The van der Waals surface area contributed by atoms with Crippen LogP contribution in [0.2, 0.25) is 0 Å². The quantitative estimate of drug-likeness (QED) is 0.773. The van der Waals surface area contributed by atoms with E-state index < -0.39 is 6.43 Å². The molecule has 0 saturated heterocycles. The first kappa shape index (κ1) is 15.1. The van der Waals surface area contributed by atoms with E-state index in [0.29, 0.717) is 0 Å². The lowest BCUT2D eigenvalue weighted by atomic mass is 10.1. The third-order valence-electron chi connectivity index (χ3n) is 2.34. The highest BCUT2D eigenvalue weighted by Crippen LogP contribution is 2.15. The molecule has 0 amide bonds. The maximum absolute atomic E-state index is 12.2. The molecular formula is C12H22F2N2. The van der Waals surface area contributed by atoms with Crippen molar-refractivity contribution in [2.24, 2.45) is 0 Å². The molecule has 4 heteroatoms. The van der Waals surface area contributed by atoms with Gasteiger partial charge in [-0.15, -0.1) is 0 Å². The minimum Gasteiger partial charge on any atom is -0.264 e. The molecule has 0 aliphatic carbocycles. The molecule has 16 heavy (non-hydrogen) atoms. The van der Waals surface area contributed by atoms with Gasteiger partial charge in [0.2, 0.25) is 0 Å². The third-order valence-corrected chi connectivity index (χ3v) is 2.34. The van der Waals surface area contributed by atoms with Gasteiger partial charge in [-0.3, -0.25) is 4.68 Å². The van der Waals surface area contributed by atoms with Gasteiger partial charge in [-0.25, -0.2) is 8.78 Å². The molecule has 0 fully saturated rings. The summed E-state index contributed by atoms with van der Waals surface area (Å²) < 4.78 is 25.7. The third kappa shape index (κ3) is 3.91.